The van der Waals surface area contributed by atoms with Gasteiger partial charge in [0, 0.05) is 39.2 Å². The minimum atomic E-state index is 0.0659. The zero-order valence-corrected chi connectivity index (χ0v) is 17.1. The molecule has 0 aliphatic carbocycles. The lowest BCUT2D eigenvalue weighted by atomic mass is 10.1. The van der Waals surface area contributed by atoms with Crippen LogP contribution >= 0.6 is 11.3 Å². The molecule has 0 unspecified atom stereocenters. The molecular formula is C22H15N7OS. The number of H-pyrrole nitrogens is 3. The summed E-state index contributed by atoms with van der Waals surface area (Å²) in [5.41, 5.74) is 6.16. The summed E-state index contributed by atoms with van der Waals surface area (Å²) in [7, 11) is 0. The van der Waals surface area contributed by atoms with Crippen molar-refractivity contribution in [3.05, 3.63) is 60.1 Å². The molecule has 0 saturated carbocycles. The van der Waals surface area contributed by atoms with Gasteiger partial charge in [0.05, 0.1) is 45.9 Å². The maximum atomic E-state index is 11.7. The van der Waals surface area contributed by atoms with Crippen molar-refractivity contribution < 1.29 is 4.79 Å². The number of ketones is 1. The number of rotatable bonds is 4. The van der Waals surface area contributed by atoms with Crippen LogP contribution in [-0.4, -0.2) is 41.1 Å². The quantitative estimate of drug-likeness (QED) is 0.350. The Morgan fingerprint density at radius 2 is 1.97 bits per heavy atom. The number of carbonyl (C=O) groups is 1. The Bertz CT molecular complexity index is 1570. The second-order valence-corrected chi connectivity index (χ2v) is 8.31. The van der Waals surface area contributed by atoms with Crippen molar-refractivity contribution in [2.24, 2.45) is 0 Å². The van der Waals surface area contributed by atoms with Gasteiger partial charge in [-0.25, -0.2) is 0 Å². The fourth-order valence-electron chi connectivity index (χ4n) is 3.72. The number of nitrogens with one attached hydrogen (secondary N) is 3. The van der Waals surface area contributed by atoms with Gasteiger partial charge in [-0.05, 0) is 31.2 Å². The molecule has 0 spiro atoms. The van der Waals surface area contributed by atoms with E-state index in [2.05, 4.69) is 41.4 Å². The third-order valence-corrected chi connectivity index (χ3v) is 6.48. The van der Waals surface area contributed by atoms with Crippen LogP contribution in [0.3, 0.4) is 0 Å². The number of thiophene rings is 1. The highest BCUT2D eigenvalue weighted by Crippen LogP contribution is 2.36. The van der Waals surface area contributed by atoms with Crippen LogP contribution in [0.4, 0.5) is 0 Å². The van der Waals surface area contributed by atoms with Gasteiger partial charge >= 0.3 is 0 Å². The first kappa shape index (κ1) is 17.7. The van der Waals surface area contributed by atoms with E-state index in [-0.39, 0.29) is 5.78 Å². The van der Waals surface area contributed by atoms with Gasteiger partial charge in [-0.1, -0.05) is 0 Å². The summed E-state index contributed by atoms with van der Waals surface area (Å²) in [5.74, 6) is 0.0659. The molecule has 0 aliphatic heterocycles. The maximum Gasteiger partial charge on any atom is 0.169 e. The van der Waals surface area contributed by atoms with Crippen molar-refractivity contribution >= 4 is 38.9 Å². The van der Waals surface area contributed by atoms with Gasteiger partial charge in [0.25, 0.3) is 0 Å². The minimum absolute atomic E-state index is 0.0659. The van der Waals surface area contributed by atoms with E-state index in [1.54, 1.807) is 25.5 Å². The van der Waals surface area contributed by atoms with Crippen molar-refractivity contribution in [2.75, 3.05) is 0 Å². The van der Waals surface area contributed by atoms with Crippen molar-refractivity contribution in [1.82, 2.24) is 35.3 Å². The highest BCUT2D eigenvalue weighted by Gasteiger charge is 2.16. The molecule has 6 aromatic rings. The van der Waals surface area contributed by atoms with E-state index in [1.807, 2.05) is 30.6 Å². The number of carbonyl (C=O) groups excluding carboxylic acids is 1. The largest absolute Gasteiger partial charge is 0.352 e. The summed E-state index contributed by atoms with van der Waals surface area (Å²) in [6, 6.07) is 7.91. The average Bonchev–Trinajstić information content (AvgIpc) is 3.58. The second kappa shape index (κ2) is 6.71. The van der Waals surface area contributed by atoms with Gasteiger partial charge in [0.15, 0.2) is 5.78 Å². The van der Waals surface area contributed by atoms with Crippen molar-refractivity contribution in [2.45, 2.75) is 6.92 Å². The van der Waals surface area contributed by atoms with E-state index >= 15 is 0 Å². The third-order valence-electron chi connectivity index (χ3n) is 5.26. The van der Waals surface area contributed by atoms with Gasteiger partial charge in [0.1, 0.15) is 5.69 Å². The summed E-state index contributed by atoms with van der Waals surface area (Å²) < 4.78 is 0. The first-order chi connectivity index (χ1) is 15.2. The van der Waals surface area contributed by atoms with Crippen LogP contribution in [0.15, 0.2) is 55.2 Å². The number of fused-ring (bicyclic) bond motifs is 2. The molecule has 0 aliphatic rings. The molecule has 0 bridgehead atoms. The van der Waals surface area contributed by atoms with Gasteiger partial charge in [-0.3, -0.25) is 25.0 Å². The molecular weight excluding hydrogens is 410 g/mol. The molecule has 6 aromatic heterocycles. The summed E-state index contributed by atoms with van der Waals surface area (Å²) >= 11 is 1.48. The topological polar surface area (TPSA) is 116 Å². The van der Waals surface area contributed by atoms with E-state index in [0.29, 0.717) is 0 Å². The maximum absolute atomic E-state index is 11.7. The van der Waals surface area contributed by atoms with Gasteiger partial charge in [0.2, 0.25) is 0 Å². The Hall–Kier alpha value is -4.11. The number of nitrogens with zero attached hydrogens (tertiary/aromatic N) is 4. The molecule has 6 rings (SSSR count). The standard InChI is InChI=1S/C22H15N7OS/c1-11(30)20-2-3-21(31-20)15-8-23-9-18-13(15)4-17(27-18)22-14-5-16(12-6-25-26-7-12)24-10-19(14)28-29-22/h2-10,27H,1H3,(H,25,26)(H,28,29). The predicted molar refractivity (Wildman–Crippen MR) is 120 cm³/mol. The van der Waals surface area contributed by atoms with Crippen LogP contribution in [0.2, 0.25) is 0 Å². The molecule has 8 nitrogen and oxygen atoms in total. The molecule has 0 amide bonds. The molecule has 6 heterocycles. The smallest absolute Gasteiger partial charge is 0.169 e. The molecule has 150 valence electrons. The number of aromatic nitrogens is 7. The molecule has 0 fully saturated rings. The van der Waals surface area contributed by atoms with E-state index < -0.39 is 0 Å². The SMILES string of the molecule is CC(=O)c1ccc(-c2cncc3[nH]c(-c4n[nH]c5cnc(-c6cn[nH]c6)cc45)cc23)s1. The normalized spacial score (nSPS) is 11.5. The van der Waals surface area contributed by atoms with E-state index in [1.165, 1.54) is 11.3 Å². The summed E-state index contributed by atoms with van der Waals surface area (Å²) in [5, 5.41) is 16.4. The van der Waals surface area contributed by atoms with Crippen molar-refractivity contribution in [1.29, 1.82) is 0 Å². The number of aromatic amines is 3. The third kappa shape index (κ3) is 2.86. The number of pyridine rings is 2. The monoisotopic (exact) mass is 425 g/mol. The van der Waals surface area contributed by atoms with Crippen LogP contribution in [-0.2, 0) is 0 Å². The number of hydrogen-bond acceptors (Lipinski definition) is 6. The van der Waals surface area contributed by atoms with Crippen LogP contribution in [0.5, 0.6) is 0 Å². The fourth-order valence-corrected chi connectivity index (χ4v) is 4.64. The van der Waals surface area contributed by atoms with Gasteiger partial charge in [-0.2, -0.15) is 10.2 Å². The molecule has 0 radical (unpaired) electrons. The lowest BCUT2D eigenvalue weighted by Gasteiger charge is -1.98. The Balaban J connectivity index is 1.50. The van der Waals surface area contributed by atoms with Crippen LogP contribution in [0.1, 0.15) is 16.6 Å². The Morgan fingerprint density at radius 3 is 2.77 bits per heavy atom. The first-order valence-corrected chi connectivity index (χ1v) is 10.4. The highest BCUT2D eigenvalue weighted by atomic mass is 32.1. The molecule has 0 aromatic carbocycles. The average molecular weight is 425 g/mol. The summed E-state index contributed by atoms with van der Waals surface area (Å²) in [4.78, 5) is 25.8. The molecule has 9 heteroatoms. The zero-order valence-electron chi connectivity index (χ0n) is 16.3. The molecule has 0 saturated heterocycles. The summed E-state index contributed by atoms with van der Waals surface area (Å²) in [6.07, 6.45) is 8.96. The first-order valence-electron chi connectivity index (χ1n) is 9.59. The molecule has 3 N–H and O–H groups in total. The summed E-state index contributed by atoms with van der Waals surface area (Å²) in [6.45, 7) is 1.58. The van der Waals surface area contributed by atoms with E-state index in [4.69, 9.17) is 0 Å². The van der Waals surface area contributed by atoms with Crippen molar-refractivity contribution in [3.63, 3.8) is 0 Å². The highest BCUT2D eigenvalue weighted by molar-refractivity contribution is 7.17. The lowest BCUT2D eigenvalue weighted by molar-refractivity contribution is 0.102. The molecule has 0 atom stereocenters. The van der Waals surface area contributed by atoms with E-state index in [0.717, 1.165) is 59.8 Å². The minimum Gasteiger partial charge on any atom is -0.352 e. The lowest BCUT2D eigenvalue weighted by Crippen LogP contribution is -1.83. The van der Waals surface area contributed by atoms with Crippen LogP contribution in [0.25, 0.3) is 54.9 Å². The van der Waals surface area contributed by atoms with Crippen LogP contribution in [0, 0.1) is 0 Å². The Kier molecular flexibility index (Phi) is 3.84. The fraction of sp³-hybridized carbons (Fsp3) is 0.0455. The Morgan fingerprint density at radius 1 is 1.03 bits per heavy atom. The Labute approximate surface area is 179 Å². The zero-order chi connectivity index (χ0) is 20.9. The number of Topliss-reactive ketones (excluding diaryl/α,β-unsaturated/α-hetero) is 1. The van der Waals surface area contributed by atoms with Gasteiger partial charge in [-0.15, -0.1) is 11.3 Å². The van der Waals surface area contributed by atoms with Gasteiger partial charge < -0.3 is 4.98 Å². The second-order valence-electron chi connectivity index (χ2n) is 7.23. The molecule has 31 heavy (non-hydrogen) atoms. The van der Waals surface area contributed by atoms with E-state index in [9.17, 15) is 4.79 Å². The number of hydrogen-bond donors (Lipinski definition) is 3. The van der Waals surface area contributed by atoms with Crippen LogP contribution < -0.4 is 0 Å². The van der Waals surface area contributed by atoms with Crippen molar-refractivity contribution in [3.8, 4) is 33.1 Å². The predicted octanol–water partition coefficient (Wildman–Crippen LogP) is 4.82.